The molecule has 5 heteroatoms. The van der Waals surface area contributed by atoms with Gasteiger partial charge >= 0.3 is 0 Å². The summed E-state index contributed by atoms with van der Waals surface area (Å²) in [5.74, 6) is 0.504. The number of halogens is 1. The Balaban J connectivity index is 1.46. The number of hydrogen-bond donors (Lipinski definition) is 2. The Morgan fingerprint density at radius 3 is 2.42 bits per heavy atom. The predicted octanol–water partition coefficient (Wildman–Crippen LogP) is 3.09. The van der Waals surface area contributed by atoms with Crippen molar-refractivity contribution in [3.63, 3.8) is 0 Å². The molecule has 4 nitrogen and oxygen atoms in total. The normalized spacial score (nSPS) is 18.5. The average molecular weight is 332 g/mol. The van der Waals surface area contributed by atoms with Crippen LogP contribution in [0, 0.1) is 17.7 Å². The first-order chi connectivity index (χ1) is 11.6. The van der Waals surface area contributed by atoms with E-state index in [-0.39, 0.29) is 29.6 Å². The highest BCUT2D eigenvalue weighted by atomic mass is 19.1. The molecule has 2 aliphatic carbocycles. The summed E-state index contributed by atoms with van der Waals surface area (Å²) >= 11 is 0. The first kappa shape index (κ1) is 16.9. The third kappa shape index (κ3) is 4.56. The minimum Gasteiger partial charge on any atom is -0.356 e. The minimum absolute atomic E-state index is 0.00287. The number of nitrogens with one attached hydrogen (secondary N) is 2. The molecule has 0 bridgehead atoms. The summed E-state index contributed by atoms with van der Waals surface area (Å²) in [6.45, 7) is 0.549. The first-order valence-corrected chi connectivity index (χ1v) is 8.96. The topological polar surface area (TPSA) is 58.2 Å². The van der Waals surface area contributed by atoms with Gasteiger partial charge in [0.25, 0.3) is 0 Å². The van der Waals surface area contributed by atoms with Gasteiger partial charge in [-0.25, -0.2) is 4.39 Å². The number of benzene rings is 1. The van der Waals surface area contributed by atoms with Gasteiger partial charge in [-0.05, 0) is 55.7 Å². The molecule has 130 valence electrons. The molecule has 3 rings (SSSR count). The molecular formula is C19H25FN2O2. The van der Waals surface area contributed by atoms with Crippen LogP contribution < -0.4 is 10.6 Å². The largest absolute Gasteiger partial charge is 0.356 e. The third-order valence-corrected chi connectivity index (χ3v) is 4.99. The van der Waals surface area contributed by atoms with Crippen LogP contribution in [-0.2, 0) is 9.59 Å². The maximum Gasteiger partial charge on any atom is 0.223 e. The highest BCUT2D eigenvalue weighted by molar-refractivity contribution is 5.81. The first-order valence-electron chi connectivity index (χ1n) is 8.96. The Bertz CT molecular complexity index is 580. The van der Waals surface area contributed by atoms with E-state index >= 15 is 0 Å². The van der Waals surface area contributed by atoms with Crippen molar-refractivity contribution in [2.45, 2.75) is 51.0 Å². The Morgan fingerprint density at radius 1 is 1.12 bits per heavy atom. The van der Waals surface area contributed by atoms with Crippen molar-refractivity contribution < 1.29 is 14.0 Å². The van der Waals surface area contributed by atoms with Crippen LogP contribution in [0.15, 0.2) is 24.3 Å². The van der Waals surface area contributed by atoms with Crippen molar-refractivity contribution in [1.82, 2.24) is 10.6 Å². The zero-order valence-electron chi connectivity index (χ0n) is 13.9. The van der Waals surface area contributed by atoms with Gasteiger partial charge in [0.15, 0.2) is 0 Å². The van der Waals surface area contributed by atoms with E-state index in [0.29, 0.717) is 25.3 Å². The van der Waals surface area contributed by atoms with E-state index in [1.807, 2.05) is 0 Å². The number of hydrogen-bond acceptors (Lipinski definition) is 2. The van der Waals surface area contributed by atoms with Crippen LogP contribution in [0.5, 0.6) is 0 Å². The van der Waals surface area contributed by atoms with Crippen LogP contribution in [0.2, 0.25) is 0 Å². The molecule has 24 heavy (non-hydrogen) atoms. The van der Waals surface area contributed by atoms with Crippen LogP contribution in [-0.4, -0.2) is 18.4 Å². The van der Waals surface area contributed by atoms with Crippen LogP contribution in [0.4, 0.5) is 4.39 Å². The van der Waals surface area contributed by atoms with Gasteiger partial charge in [-0.1, -0.05) is 18.6 Å². The number of carbonyl (C=O) groups is 2. The minimum atomic E-state index is -0.260. The van der Waals surface area contributed by atoms with E-state index in [9.17, 15) is 14.0 Å². The second-order valence-corrected chi connectivity index (χ2v) is 6.96. The van der Waals surface area contributed by atoms with Crippen LogP contribution in [0.3, 0.4) is 0 Å². The van der Waals surface area contributed by atoms with Crippen molar-refractivity contribution in [3.05, 3.63) is 35.6 Å². The molecule has 0 radical (unpaired) electrons. The van der Waals surface area contributed by atoms with Gasteiger partial charge < -0.3 is 10.6 Å². The molecule has 2 N–H and O–H groups in total. The van der Waals surface area contributed by atoms with Gasteiger partial charge in [-0.2, -0.15) is 0 Å². The van der Waals surface area contributed by atoms with Gasteiger partial charge in [0.05, 0.1) is 6.04 Å². The third-order valence-electron chi connectivity index (χ3n) is 4.99. The number of rotatable bonds is 8. The summed E-state index contributed by atoms with van der Waals surface area (Å²) in [7, 11) is 0. The standard InChI is InChI=1S/C19H25FN2O2/c20-16-10-8-14(9-11-16)18(13-3-1-4-13)22-17(23)5-2-12-21-19(24)15-6-7-15/h8-11,13,15,18H,1-7,12H2,(H,21,24)(H,22,23). The molecule has 1 atom stereocenters. The van der Waals surface area contributed by atoms with Gasteiger partial charge in [-0.3, -0.25) is 9.59 Å². The zero-order chi connectivity index (χ0) is 16.9. The maximum atomic E-state index is 13.1. The lowest BCUT2D eigenvalue weighted by atomic mass is 9.77. The van der Waals surface area contributed by atoms with Crippen LogP contribution in [0.25, 0.3) is 0 Å². The molecule has 1 aromatic rings. The van der Waals surface area contributed by atoms with Crippen molar-refractivity contribution >= 4 is 11.8 Å². The molecular weight excluding hydrogens is 307 g/mol. The van der Waals surface area contributed by atoms with E-state index < -0.39 is 0 Å². The van der Waals surface area contributed by atoms with Crippen molar-refractivity contribution in [3.8, 4) is 0 Å². The summed E-state index contributed by atoms with van der Waals surface area (Å²) in [6, 6.07) is 6.37. The second-order valence-electron chi connectivity index (χ2n) is 6.96. The quantitative estimate of drug-likeness (QED) is 0.719. The van der Waals surface area contributed by atoms with Crippen molar-refractivity contribution in [1.29, 1.82) is 0 Å². The van der Waals surface area contributed by atoms with Crippen LogP contribution >= 0.6 is 0 Å². The number of carbonyl (C=O) groups excluding carboxylic acids is 2. The fourth-order valence-corrected chi connectivity index (χ4v) is 3.11. The molecule has 0 aliphatic heterocycles. The molecule has 2 amide bonds. The SMILES string of the molecule is O=C(CCCNC(=O)C1CC1)NC(c1ccc(F)cc1)C1CCC1. The summed E-state index contributed by atoms with van der Waals surface area (Å²) in [6.07, 6.45) is 6.41. The highest BCUT2D eigenvalue weighted by Crippen LogP contribution is 2.37. The van der Waals surface area contributed by atoms with Crippen molar-refractivity contribution in [2.24, 2.45) is 11.8 Å². The maximum absolute atomic E-state index is 13.1. The summed E-state index contributed by atoms with van der Waals surface area (Å²) in [4.78, 5) is 23.8. The van der Waals surface area contributed by atoms with Gasteiger partial charge in [-0.15, -0.1) is 0 Å². The Labute approximate surface area is 142 Å². The Hall–Kier alpha value is -1.91. The van der Waals surface area contributed by atoms with Crippen LogP contribution in [0.1, 0.15) is 56.6 Å². The molecule has 2 aliphatic rings. The summed E-state index contributed by atoms with van der Waals surface area (Å²) in [5, 5.41) is 5.98. The summed E-state index contributed by atoms with van der Waals surface area (Å²) < 4.78 is 13.1. The Kier molecular flexibility index (Phi) is 5.48. The molecule has 0 heterocycles. The molecule has 2 saturated carbocycles. The molecule has 0 saturated heterocycles. The average Bonchev–Trinajstić information content (AvgIpc) is 3.34. The molecule has 1 unspecified atom stereocenters. The number of amides is 2. The van der Waals surface area contributed by atoms with Gasteiger partial charge in [0, 0.05) is 18.9 Å². The van der Waals surface area contributed by atoms with Gasteiger partial charge in [0.1, 0.15) is 5.82 Å². The molecule has 1 aromatic carbocycles. The lowest BCUT2D eigenvalue weighted by Gasteiger charge is -2.34. The van der Waals surface area contributed by atoms with Crippen molar-refractivity contribution in [2.75, 3.05) is 6.54 Å². The van der Waals surface area contributed by atoms with E-state index in [4.69, 9.17) is 0 Å². The molecule has 2 fully saturated rings. The molecule has 0 aromatic heterocycles. The molecule has 0 spiro atoms. The lowest BCUT2D eigenvalue weighted by Crippen LogP contribution is -2.36. The fourth-order valence-electron chi connectivity index (χ4n) is 3.11. The van der Waals surface area contributed by atoms with E-state index in [1.54, 1.807) is 12.1 Å². The smallest absolute Gasteiger partial charge is 0.223 e. The lowest BCUT2D eigenvalue weighted by molar-refractivity contribution is -0.124. The zero-order valence-corrected chi connectivity index (χ0v) is 13.9. The van der Waals surface area contributed by atoms with Gasteiger partial charge in [0.2, 0.25) is 11.8 Å². The second kappa shape index (κ2) is 7.77. The van der Waals surface area contributed by atoms with E-state index in [2.05, 4.69) is 10.6 Å². The van der Waals surface area contributed by atoms with E-state index in [0.717, 1.165) is 31.2 Å². The summed E-state index contributed by atoms with van der Waals surface area (Å²) in [5.41, 5.74) is 0.969. The van der Waals surface area contributed by atoms with E-state index in [1.165, 1.54) is 18.6 Å². The predicted molar refractivity (Wildman–Crippen MR) is 89.6 cm³/mol. The fraction of sp³-hybridized carbons (Fsp3) is 0.579. The monoisotopic (exact) mass is 332 g/mol. The Morgan fingerprint density at radius 2 is 1.83 bits per heavy atom. The highest BCUT2D eigenvalue weighted by Gasteiger charge is 2.30.